The summed E-state index contributed by atoms with van der Waals surface area (Å²) in [6.45, 7) is 1.53. The molecule has 1 aromatic carbocycles. The third-order valence-corrected chi connectivity index (χ3v) is 6.76. The van der Waals surface area contributed by atoms with E-state index in [1.54, 1.807) is 4.57 Å². The number of allylic oxidation sites excluding steroid dienone is 2. The summed E-state index contributed by atoms with van der Waals surface area (Å²) in [5.41, 5.74) is -2.70. The van der Waals surface area contributed by atoms with E-state index in [0.29, 0.717) is 38.5 Å². The second-order valence-electron chi connectivity index (χ2n) is 7.97. The molecule has 0 N–H and O–H groups in total. The molecule has 4 rings (SSSR count). The number of aromatic nitrogens is 1. The Labute approximate surface area is 183 Å². The van der Waals surface area contributed by atoms with Crippen molar-refractivity contribution < 1.29 is 26.3 Å². The molecule has 1 aromatic heterocycles. The Hall–Kier alpha value is -2.33. The van der Waals surface area contributed by atoms with Gasteiger partial charge in [-0.05, 0) is 55.6 Å². The van der Waals surface area contributed by atoms with E-state index in [4.69, 9.17) is 0 Å². The van der Waals surface area contributed by atoms with Crippen LogP contribution in [0.1, 0.15) is 29.5 Å². The fourth-order valence-corrected chi connectivity index (χ4v) is 5.12. The van der Waals surface area contributed by atoms with Crippen LogP contribution in [0, 0.1) is 5.92 Å². The molecule has 2 aliphatic heterocycles. The maximum atomic E-state index is 13.4. The highest BCUT2D eigenvalue weighted by molar-refractivity contribution is 7.07. The van der Waals surface area contributed by atoms with Crippen molar-refractivity contribution in [3.8, 4) is 0 Å². The summed E-state index contributed by atoms with van der Waals surface area (Å²) in [7, 11) is 0. The number of halogens is 6. The van der Waals surface area contributed by atoms with Gasteiger partial charge in [-0.3, -0.25) is 14.3 Å². The first-order valence-electron chi connectivity index (χ1n) is 10.1. The molecule has 2 aromatic rings. The second-order valence-corrected chi connectivity index (χ2v) is 8.96. The monoisotopic (exact) mass is 474 g/mol. The Kier molecular flexibility index (Phi) is 6.10. The second kappa shape index (κ2) is 8.55. The molecule has 0 bridgehead atoms. The third kappa shape index (κ3) is 4.85. The first-order valence-corrected chi connectivity index (χ1v) is 10.9. The smallest absolute Gasteiger partial charge is 0.299 e. The molecule has 1 saturated heterocycles. The molecular weight excluding hydrogens is 454 g/mol. The van der Waals surface area contributed by atoms with Crippen LogP contribution in [0.15, 0.2) is 35.1 Å². The van der Waals surface area contributed by atoms with Gasteiger partial charge in [0.15, 0.2) is 0 Å². The molecule has 172 valence electrons. The minimum atomic E-state index is -4.86. The standard InChI is InChI=1S/C22H20F6N2OS/c23-21(24,25)16-5-4-15(17(12-16)22(26,27)28)13-29-9-6-14(7-10-29)11-19-18-3-1-2-8-30(18)20(31)32-19/h1-5,11-12,14H,6-10,13H2/b19-11-. The van der Waals surface area contributed by atoms with Crippen LogP contribution in [-0.2, 0) is 25.4 Å². The van der Waals surface area contributed by atoms with Crippen LogP contribution in [0.5, 0.6) is 0 Å². The Morgan fingerprint density at radius 3 is 2.44 bits per heavy atom. The van der Waals surface area contributed by atoms with Crippen LogP contribution in [-0.4, -0.2) is 22.6 Å². The summed E-state index contributed by atoms with van der Waals surface area (Å²) in [6, 6.07) is 1.82. The molecule has 3 nitrogen and oxygen atoms in total. The van der Waals surface area contributed by atoms with Crippen molar-refractivity contribution in [2.75, 3.05) is 13.1 Å². The quantitative estimate of drug-likeness (QED) is 0.629. The maximum absolute atomic E-state index is 13.4. The molecular formula is C22H20F6N2OS. The van der Waals surface area contributed by atoms with Crippen LogP contribution in [0.4, 0.5) is 26.3 Å². The number of likely N-dealkylation sites (tertiary alicyclic amines) is 1. The predicted octanol–water partition coefficient (Wildman–Crippen LogP) is 3.99. The Bertz CT molecular complexity index is 1200. The lowest BCUT2D eigenvalue weighted by Gasteiger charge is -2.31. The van der Waals surface area contributed by atoms with Gasteiger partial charge >= 0.3 is 17.2 Å². The zero-order chi connectivity index (χ0) is 23.1. The minimum Gasteiger partial charge on any atom is -0.299 e. The van der Waals surface area contributed by atoms with E-state index in [2.05, 4.69) is 6.08 Å². The van der Waals surface area contributed by atoms with Crippen LogP contribution >= 0.6 is 11.3 Å². The summed E-state index contributed by atoms with van der Waals surface area (Å²) < 4.78 is 81.4. The van der Waals surface area contributed by atoms with E-state index in [-0.39, 0.29) is 29.0 Å². The fraction of sp³-hybridized carbons (Fsp3) is 0.409. The number of piperidine rings is 1. The van der Waals surface area contributed by atoms with Gasteiger partial charge in [0.25, 0.3) is 0 Å². The van der Waals surface area contributed by atoms with E-state index < -0.39 is 23.5 Å². The number of fused-ring (bicyclic) bond motifs is 1. The normalized spacial score (nSPS) is 18.6. The Morgan fingerprint density at radius 1 is 1.06 bits per heavy atom. The van der Waals surface area contributed by atoms with E-state index in [1.165, 1.54) is 11.3 Å². The van der Waals surface area contributed by atoms with Gasteiger partial charge in [-0.15, -0.1) is 0 Å². The van der Waals surface area contributed by atoms with Gasteiger partial charge in [0.2, 0.25) is 0 Å². The average molecular weight is 474 g/mol. The zero-order valence-corrected chi connectivity index (χ0v) is 17.7. The van der Waals surface area contributed by atoms with E-state index in [0.717, 1.165) is 15.9 Å². The van der Waals surface area contributed by atoms with Gasteiger partial charge in [0.05, 0.1) is 21.0 Å². The summed E-state index contributed by atoms with van der Waals surface area (Å²) >= 11 is 1.19. The predicted molar refractivity (Wildman–Crippen MR) is 110 cm³/mol. The molecule has 0 amide bonds. The number of hydrogen-bond donors (Lipinski definition) is 0. The van der Waals surface area contributed by atoms with Crippen molar-refractivity contribution >= 4 is 23.5 Å². The van der Waals surface area contributed by atoms with E-state index in [9.17, 15) is 31.1 Å². The summed E-state index contributed by atoms with van der Waals surface area (Å²) in [6.07, 6.45) is -0.533. The lowest BCUT2D eigenvalue weighted by Crippen LogP contribution is -2.36. The van der Waals surface area contributed by atoms with Crippen LogP contribution < -0.4 is 14.8 Å². The zero-order valence-electron chi connectivity index (χ0n) is 16.8. The summed E-state index contributed by atoms with van der Waals surface area (Å²) in [5, 5.41) is 0.879. The van der Waals surface area contributed by atoms with Crippen LogP contribution in [0.3, 0.4) is 0 Å². The molecule has 10 heteroatoms. The molecule has 3 heterocycles. The maximum Gasteiger partial charge on any atom is 0.416 e. The Balaban J connectivity index is 1.49. The van der Waals surface area contributed by atoms with Crippen molar-refractivity contribution in [3.63, 3.8) is 0 Å². The van der Waals surface area contributed by atoms with Gasteiger partial charge in [-0.25, -0.2) is 0 Å². The van der Waals surface area contributed by atoms with Gasteiger partial charge in [-0.1, -0.05) is 35.6 Å². The molecule has 0 radical (unpaired) electrons. The average Bonchev–Trinajstić information content (AvgIpc) is 3.04. The topological polar surface area (TPSA) is 25.2 Å². The van der Waals surface area contributed by atoms with Gasteiger partial charge in [0.1, 0.15) is 0 Å². The molecule has 2 aliphatic rings. The molecule has 0 atom stereocenters. The molecule has 0 spiro atoms. The fourth-order valence-electron chi connectivity index (χ4n) is 4.11. The van der Waals surface area contributed by atoms with Crippen molar-refractivity contribution in [1.82, 2.24) is 9.47 Å². The summed E-state index contributed by atoms with van der Waals surface area (Å²) in [4.78, 5) is 13.9. The van der Waals surface area contributed by atoms with Crippen LogP contribution in [0.2, 0.25) is 0 Å². The first-order chi connectivity index (χ1) is 15.0. The highest BCUT2D eigenvalue weighted by atomic mass is 32.1. The van der Waals surface area contributed by atoms with Crippen molar-refractivity contribution in [2.24, 2.45) is 5.92 Å². The molecule has 0 saturated carbocycles. The molecule has 1 fully saturated rings. The van der Waals surface area contributed by atoms with Crippen LogP contribution in [0.25, 0.3) is 12.2 Å². The summed E-state index contributed by atoms with van der Waals surface area (Å²) in [5.74, 6) is 0.183. The van der Waals surface area contributed by atoms with Gasteiger partial charge in [0, 0.05) is 13.1 Å². The van der Waals surface area contributed by atoms with Crippen molar-refractivity contribution in [3.05, 3.63) is 66.6 Å². The molecule has 0 aliphatic carbocycles. The first kappa shape index (κ1) is 22.8. The molecule has 32 heavy (non-hydrogen) atoms. The number of rotatable bonds is 3. The van der Waals surface area contributed by atoms with Crippen molar-refractivity contribution in [1.29, 1.82) is 0 Å². The lowest BCUT2D eigenvalue weighted by atomic mass is 9.95. The third-order valence-electron chi connectivity index (χ3n) is 5.79. The largest absolute Gasteiger partial charge is 0.416 e. The minimum absolute atomic E-state index is 0.0220. The van der Waals surface area contributed by atoms with Gasteiger partial charge in [-0.2, -0.15) is 26.3 Å². The molecule has 0 unspecified atom stereocenters. The SMILES string of the molecule is O=c1s/c(=C\C2CCN(Cc3ccc(C(F)(F)F)cc3C(F)(F)F)CC2)c2n1CC=CC=2. The van der Waals surface area contributed by atoms with E-state index >= 15 is 0 Å². The lowest BCUT2D eigenvalue weighted by molar-refractivity contribution is -0.143. The van der Waals surface area contributed by atoms with Gasteiger partial charge < -0.3 is 0 Å². The number of alkyl halides is 6. The number of benzene rings is 1. The number of nitrogens with zero attached hydrogens (tertiary/aromatic N) is 2. The number of thiazole rings is 1. The number of hydrogen-bond acceptors (Lipinski definition) is 3. The highest BCUT2D eigenvalue weighted by Crippen LogP contribution is 2.38. The van der Waals surface area contributed by atoms with Crippen molar-refractivity contribution in [2.45, 2.75) is 38.3 Å². The Morgan fingerprint density at radius 2 is 1.78 bits per heavy atom. The highest BCUT2D eigenvalue weighted by Gasteiger charge is 2.38. The van der Waals surface area contributed by atoms with E-state index in [1.807, 2.05) is 23.1 Å².